The maximum absolute atomic E-state index is 5.97. The van der Waals surface area contributed by atoms with Gasteiger partial charge in [-0.2, -0.15) is 0 Å². The Kier molecular flexibility index (Phi) is 5.88. The number of ether oxygens (including phenoxy) is 1. The maximum Gasteiger partial charge on any atom is 0.160 e. The topological polar surface area (TPSA) is 61.0 Å². The smallest absolute Gasteiger partial charge is 0.160 e. The molecule has 1 atom stereocenters. The van der Waals surface area contributed by atoms with Crippen molar-refractivity contribution < 1.29 is 4.74 Å². The molecule has 4 nitrogen and oxygen atoms in total. The predicted molar refractivity (Wildman–Crippen MR) is 78.0 cm³/mol. The summed E-state index contributed by atoms with van der Waals surface area (Å²) in [5.74, 6) is 0.801. The highest BCUT2D eigenvalue weighted by Gasteiger charge is 2.32. The Balaban J connectivity index is 3.19. The van der Waals surface area contributed by atoms with E-state index in [1.165, 1.54) is 0 Å². The fourth-order valence-electron chi connectivity index (χ4n) is 2.38. The second-order valence-corrected chi connectivity index (χ2v) is 5.14. The van der Waals surface area contributed by atoms with E-state index in [-0.39, 0.29) is 11.6 Å². The Morgan fingerprint density at radius 2 is 1.89 bits per heavy atom. The molecule has 0 aliphatic carbocycles. The fourth-order valence-corrected chi connectivity index (χ4v) is 2.38. The van der Waals surface area contributed by atoms with Gasteiger partial charge in [0, 0.05) is 30.5 Å². The quantitative estimate of drug-likeness (QED) is 0.823. The van der Waals surface area contributed by atoms with Crippen LogP contribution in [0.15, 0.2) is 6.07 Å². The van der Waals surface area contributed by atoms with Crippen LogP contribution in [0.3, 0.4) is 0 Å². The number of nitrogens with two attached hydrogens (primary N) is 1. The Labute approximate surface area is 116 Å². The molecule has 0 saturated heterocycles. The van der Waals surface area contributed by atoms with E-state index in [0.717, 1.165) is 36.5 Å². The van der Waals surface area contributed by atoms with Crippen LogP contribution in [0.5, 0.6) is 0 Å². The van der Waals surface area contributed by atoms with Crippen molar-refractivity contribution in [3.8, 4) is 0 Å². The van der Waals surface area contributed by atoms with E-state index < -0.39 is 0 Å². The van der Waals surface area contributed by atoms with Crippen LogP contribution >= 0.6 is 0 Å². The molecule has 4 heteroatoms. The van der Waals surface area contributed by atoms with Crippen LogP contribution in [0, 0.1) is 6.92 Å². The van der Waals surface area contributed by atoms with Crippen LogP contribution in [-0.4, -0.2) is 22.6 Å². The minimum Gasteiger partial charge on any atom is -0.367 e. The third-order valence-corrected chi connectivity index (χ3v) is 3.41. The van der Waals surface area contributed by atoms with E-state index in [2.05, 4.69) is 18.8 Å². The van der Waals surface area contributed by atoms with Crippen molar-refractivity contribution >= 4 is 0 Å². The number of hydrogen-bond acceptors (Lipinski definition) is 4. The molecule has 1 rings (SSSR count). The number of aryl methyl sites for hydroxylation is 1. The number of aromatic nitrogens is 2. The van der Waals surface area contributed by atoms with Crippen LogP contribution in [0.25, 0.3) is 0 Å². The summed E-state index contributed by atoms with van der Waals surface area (Å²) in [6.45, 7) is 10.9. The van der Waals surface area contributed by atoms with Gasteiger partial charge >= 0.3 is 0 Å². The molecule has 2 N–H and O–H groups in total. The first-order chi connectivity index (χ1) is 8.97. The van der Waals surface area contributed by atoms with Gasteiger partial charge in [0.15, 0.2) is 5.82 Å². The molecule has 1 aromatic rings. The van der Waals surface area contributed by atoms with Gasteiger partial charge in [-0.05, 0) is 39.7 Å². The summed E-state index contributed by atoms with van der Waals surface area (Å²) in [6, 6.07) is 2.11. The average Bonchev–Trinajstić information content (AvgIpc) is 2.34. The summed E-state index contributed by atoms with van der Waals surface area (Å²) in [6.07, 6.45) is 2.52. The summed E-state index contributed by atoms with van der Waals surface area (Å²) in [5.41, 5.74) is 7.48. The highest BCUT2D eigenvalue weighted by atomic mass is 16.5. The zero-order valence-corrected chi connectivity index (χ0v) is 12.9. The third kappa shape index (κ3) is 3.98. The molecule has 108 valence electrons. The largest absolute Gasteiger partial charge is 0.367 e. The first-order valence-corrected chi connectivity index (χ1v) is 7.22. The monoisotopic (exact) mass is 265 g/mol. The van der Waals surface area contributed by atoms with Crippen LogP contribution in [-0.2, 0) is 16.8 Å². The summed E-state index contributed by atoms with van der Waals surface area (Å²) in [7, 11) is 0. The maximum atomic E-state index is 5.97. The van der Waals surface area contributed by atoms with E-state index in [4.69, 9.17) is 15.5 Å². The van der Waals surface area contributed by atoms with E-state index >= 15 is 0 Å². The predicted octanol–water partition coefficient (Wildman–Crippen LogP) is 2.73. The van der Waals surface area contributed by atoms with Crippen molar-refractivity contribution in [3.05, 3.63) is 23.3 Å². The highest BCUT2D eigenvalue weighted by Crippen LogP contribution is 2.30. The van der Waals surface area contributed by atoms with Gasteiger partial charge in [0.1, 0.15) is 5.60 Å². The SMILES string of the molecule is CCOC(CC)(CC)c1nc(C)cc(CC(C)N)n1. The molecular weight excluding hydrogens is 238 g/mol. The highest BCUT2D eigenvalue weighted by molar-refractivity contribution is 5.15. The van der Waals surface area contributed by atoms with Gasteiger partial charge in [-0.1, -0.05) is 13.8 Å². The molecule has 1 heterocycles. The van der Waals surface area contributed by atoms with E-state index in [1.807, 2.05) is 26.8 Å². The second-order valence-electron chi connectivity index (χ2n) is 5.14. The Bertz CT molecular complexity index is 400. The molecule has 0 fully saturated rings. The van der Waals surface area contributed by atoms with Crippen LogP contribution in [0.1, 0.15) is 57.7 Å². The van der Waals surface area contributed by atoms with E-state index in [0.29, 0.717) is 6.61 Å². The summed E-state index contributed by atoms with van der Waals surface area (Å²) < 4.78 is 5.97. The van der Waals surface area contributed by atoms with Crippen molar-refractivity contribution in [2.45, 2.75) is 65.5 Å². The van der Waals surface area contributed by atoms with Crippen LogP contribution in [0.2, 0.25) is 0 Å². The normalized spacial score (nSPS) is 13.6. The lowest BCUT2D eigenvalue weighted by Crippen LogP contribution is -2.32. The van der Waals surface area contributed by atoms with Crippen LogP contribution < -0.4 is 5.73 Å². The molecule has 0 radical (unpaired) electrons. The van der Waals surface area contributed by atoms with Crippen molar-refractivity contribution in [1.29, 1.82) is 0 Å². The van der Waals surface area contributed by atoms with Crippen molar-refractivity contribution in [1.82, 2.24) is 9.97 Å². The zero-order chi connectivity index (χ0) is 14.5. The van der Waals surface area contributed by atoms with Gasteiger partial charge in [0.2, 0.25) is 0 Å². The van der Waals surface area contributed by atoms with Gasteiger partial charge in [-0.3, -0.25) is 0 Å². The standard InChI is InChI=1S/C15H27N3O/c1-6-15(7-2,19-8-3)14-17-12(5)10-13(18-14)9-11(4)16/h10-11H,6-9,16H2,1-5H3. The van der Waals surface area contributed by atoms with Gasteiger partial charge in [-0.25, -0.2) is 9.97 Å². The van der Waals surface area contributed by atoms with Crippen molar-refractivity contribution in [2.24, 2.45) is 5.73 Å². The molecule has 0 aromatic carbocycles. The summed E-state index contributed by atoms with van der Waals surface area (Å²) >= 11 is 0. The molecule has 1 aromatic heterocycles. The van der Waals surface area contributed by atoms with E-state index in [9.17, 15) is 0 Å². The first-order valence-electron chi connectivity index (χ1n) is 7.22. The van der Waals surface area contributed by atoms with Gasteiger partial charge in [-0.15, -0.1) is 0 Å². The van der Waals surface area contributed by atoms with Gasteiger partial charge in [0.05, 0.1) is 0 Å². The zero-order valence-electron chi connectivity index (χ0n) is 12.9. The number of rotatable bonds is 7. The number of nitrogens with zero attached hydrogens (tertiary/aromatic N) is 2. The molecule has 1 unspecified atom stereocenters. The Hall–Kier alpha value is -1.00. The average molecular weight is 265 g/mol. The molecule has 19 heavy (non-hydrogen) atoms. The Morgan fingerprint density at radius 3 is 2.37 bits per heavy atom. The number of hydrogen-bond donors (Lipinski definition) is 1. The fraction of sp³-hybridized carbons (Fsp3) is 0.733. The van der Waals surface area contributed by atoms with Gasteiger partial charge < -0.3 is 10.5 Å². The minimum atomic E-state index is -0.368. The molecule has 0 amide bonds. The molecule has 0 aliphatic heterocycles. The molecule has 0 spiro atoms. The van der Waals surface area contributed by atoms with Crippen molar-refractivity contribution in [3.63, 3.8) is 0 Å². The first kappa shape index (κ1) is 16.1. The van der Waals surface area contributed by atoms with E-state index in [1.54, 1.807) is 0 Å². The summed E-state index contributed by atoms with van der Waals surface area (Å²) in [5, 5.41) is 0. The van der Waals surface area contributed by atoms with Gasteiger partial charge in [0.25, 0.3) is 0 Å². The summed E-state index contributed by atoms with van der Waals surface area (Å²) in [4.78, 5) is 9.29. The lowest BCUT2D eigenvalue weighted by molar-refractivity contribution is -0.0574. The van der Waals surface area contributed by atoms with Crippen molar-refractivity contribution in [2.75, 3.05) is 6.61 Å². The molecule has 0 saturated carbocycles. The lowest BCUT2D eigenvalue weighted by Gasteiger charge is -2.30. The van der Waals surface area contributed by atoms with Crippen LogP contribution in [0.4, 0.5) is 0 Å². The lowest BCUT2D eigenvalue weighted by atomic mass is 9.95. The molecular formula is C15H27N3O. The molecule has 0 aliphatic rings. The second kappa shape index (κ2) is 6.96. The molecule has 0 bridgehead atoms. The Morgan fingerprint density at radius 1 is 1.26 bits per heavy atom. The third-order valence-electron chi connectivity index (χ3n) is 3.41. The minimum absolute atomic E-state index is 0.104.